The summed E-state index contributed by atoms with van der Waals surface area (Å²) in [6, 6.07) is 7.91. The maximum Gasteiger partial charge on any atom is 0.232 e. The fourth-order valence-electron chi connectivity index (χ4n) is 3.57. The van der Waals surface area contributed by atoms with E-state index >= 15 is 0 Å². The zero-order valence-corrected chi connectivity index (χ0v) is 12.9. The predicted octanol–water partition coefficient (Wildman–Crippen LogP) is 1.56. The number of likely N-dealkylation sites (tertiary alicyclic amines) is 1. The number of carbonyl (C=O) groups is 2. The van der Waals surface area contributed by atoms with Crippen LogP contribution >= 0.6 is 0 Å². The van der Waals surface area contributed by atoms with Crippen molar-refractivity contribution in [3.05, 3.63) is 29.8 Å². The van der Waals surface area contributed by atoms with Gasteiger partial charge in [0.1, 0.15) is 0 Å². The van der Waals surface area contributed by atoms with E-state index in [2.05, 4.69) is 5.32 Å². The van der Waals surface area contributed by atoms with E-state index in [9.17, 15) is 9.59 Å². The van der Waals surface area contributed by atoms with Crippen LogP contribution < -0.4 is 11.1 Å². The van der Waals surface area contributed by atoms with Crippen LogP contribution in [0.4, 0.5) is 5.69 Å². The minimum atomic E-state index is -0.118. The second kappa shape index (κ2) is 6.08. The SMILES string of the molecule is CC(CN)C(=O)N1CCC(C2C(=O)Nc3ccccc32)CC1. The first-order valence-corrected chi connectivity index (χ1v) is 8.00. The summed E-state index contributed by atoms with van der Waals surface area (Å²) >= 11 is 0. The molecular formula is C17H23N3O2. The Morgan fingerprint density at radius 1 is 1.36 bits per heavy atom. The zero-order valence-electron chi connectivity index (χ0n) is 12.9. The molecular weight excluding hydrogens is 278 g/mol. The van der Waals surface area contributed by atoms with Crippen molar-refractivity contribution in [3.63, 3.8) is 0 Å². The Morgan fingerprint density at radius 3 is 2.73 bits per heavy atom. The first-order valence-electron chi connectivity index (χ1n) is 8.00. The molecule has 118 valence electrons. The Bertz CT molecular complexity index is 579. The van der Waals surface area contributed by atoms with Gasteiger partial charge in [-0.25, -0.2) is 0 Å². The summed E-state index contributed by atoms with van der Waals surface area (Å²) in [5.74, 6) is 0.354. The molecule has 1 aromatic carbocycles. The average Bonchev–Trinajstić information content (AvgIpc) is 2.89. The Balaban J connectivity index is 1.67. The Hall–Kier alpha value is -1.88. The molecule has 3 N–H and O–H groups in total. The lowest BCUT2D eigenvalue weighted by Crippen LogP contribution is -2.44. The average molecular weight is 301 g/mol. The lowest BCUT2D eigenvalue weighted by Gasteiger charge is -2.35. The Morgan fingerprint density at radius 2 is 2.05 bits per heavy atom. The number of nitrogens with zero attached hydrogens (tertiary/aromatic N) is 1. The maximum atomic E-state index is 12.3. The molecule has 1 saturated heterocycles. The highest BCUT2D eigenvalue weighted by Crippen LogP contribution is 2.41. The van der Waals surface area contributed by atoms with Crippen molar-refractivity contribution in [3.8, 4) is 0 Å². The highest BCUT2D eigenvalue weighted by molar-refractivity contribution is 6.03. The largest absolute Gasteiger partial charge is 0.342 e. The van der Waals surface area contributed by atoms with Crippen molar-refractivity contribution in [2.24, 2.45) is 17.6 Å². The van der Waals surface area contributed by atoms with Gasteiger partial charge in [0.2, 0.25) is 11.8 Å². The monoisotopic (exact) mass is 301 g/mol. The second-order valence-corrected chi connectivity index (χ2v) is 6.35. The number of hydrogen-bond donors (Lipinski definition) is 2. The summed E-state index contributed by atoms with van der Waals surface area (Å²) in [6.45, 7) is 3.70. The second-order valence-electron chi connectivity index (χ2n) is 6.35. The molecule has 5 heteroatoms. The molecule has 0 aromatic heterocycles. The van der Waals surface area contributed by atoms with Crippen LogP contribution in [0.25, 0.3) is 0 Å². The van der Waals surface area contributed by atoms with E-state index in [1.807, 2.05) is 36.1 Å². The van der Waals surface area contributed by atoms with Crippen LogP contribution in [0, 0.1) is 11.8 Å². The van der Waals surface area contributed by atoms with Gasteiger partial charge in [0.25, 0.3) is 0 Å². The molecule has 2 aliphatic heterocycles. The van der Waals surface area contributed by atoms with Crippen LogP contribution in [0.2, 0.25) is 0 Å². The third kappa shape index (κ3) is 2.61. The summed E-state index contributed by atoms with van der Waals surface area (Å²) in [5.41, 5.74) is 7.62. The Labute approximate surface area is 130 Å². The predicted molar refractivity (Wildman–Crippen MR) is 85.3 cm³/mol. The molecule has 0 radical (unpaired) electrons. The maximum absolute atomic E-state index is 12.3. The zero-order chi connectivity index (χ0) is 15.7. The van der Waals surface area contributed by atoms with E-state index in [1.54, 1.807) is 0 Å². The molecule has 0 spiro atoms. The molecule has 1 fully saturated rings. The molecule has 22 heavy (non-hydrogen) atoms. The molecule has 0 aliphatic carbocycles. The van der Waals surface area contributed by atoms with Crippen molar-refractivity contribution in [2.45, 2.75) is 25.7 Å². The molecule has 2 atom stereocenters. The minimum Gasteiger partial charge on any atom is -0.342 e. The topological polar surface area (TPSA) is 75.4 Å². The highest BCUT2D eigenvalue weighted by atomic mass is 16.2. The number of anilines is 1. The normalized spacial score (nSPS) is 23.1. The van der Waals surface area contributed by atoms with Crippen molar-refractivity contribution in [1.29, 1.82) is 0 Å². The van der Waals surface area contributed by atoms with Gasteiger partial charge in [0.05, 0.1) is 5.92 Å². The highest BCUT2D eigenvalue weighted by Gasteiger charge is 2.38. The van der Waals surface area contributed by atoms with Gasteiger partial charge in [0, 0.05) is 31.2 Å². The fourth-order valence-corrected chi connectivity index (χ4v) is 3.57. The van der Waals surface area contributed by atoms with E-state index in [1.165, 1.54) is 0 Å². The molecule has 2 aliphatic rings. The van der Waals surface area contributed by atoms with Crippen LogP contribution in [0.15, 0.2) is 24.3 Å². The van der Waals surface area contributed by atoms with Gasteiger partial charge in [-0.3, -0.25) is 9.59 Å². The molecule has 5 nitrogen and oxygen atoms in total. The standard InChI is InChI=1S/C17H23N3O2/c1-11(10-18)17(22)20-8-6-12(7-9-20)15-13-4-2-3-5-14(13)19-16(15)21/h2-5,11-12,15H,6-10,18H2,1H3,(H,19,21). The smallest absolute Gasteiger partial charge is 0.232 e. The first-order chi connectivity index (χ1) is 10.6. The third-order valence-corrected chi connectivity index (χ3v) is 4.93. The molecule has 0 bridgehead atoms. The van der Waals surface area contributed by atoms with Crippen molar-refractivity contribution >= 4 is 17.5 Å². The van der Waals surface area contributed by atoms with Gasteiger partial charge < -0.3 is 16.0 Å². The summed E-state index contributed by atoms with van der Waals surface area (Å²) in [7, 11) is 0. The lowest BCUT2D eigenvalue weighted by atomic mass is 9.80. The fraction of sp³-hybridized carbons (Fsp3) is 0.529. The lowest BCUT2D eigenvalue weighted by molar-refractivity contribution is -0.136. The summed E-state index contributed by atoms with van der Waals surface area (Å²) < 4.78 is 0. The number of fused-ring (bicyclic) bond motifs is 1. The van der Waals surface area contributed by atoms with E-state index in [4.69, 9.17) is 5.73 Å². The molecule has 2 heterocycles. The number of nitrogens with one attached hydrogen (secondary N) is 1. The number of benzene rings is 1. The van der Waals surface area contributed by atoms with E-state index in [-0.39, 0.29) is 23.7 Å². The number of piperidine rings is 1. The molecule has 2 amide bonds. The number of amides is 2. The number of rotatable bonds is 3. The van der Waals surface area contributed by atoms with Gasteiger partial charge in [-0.2, -0.15) is 0 Å². The van der Waals surface area contributed by atoms with Gasteiger partial charge in [-0.1, -0.05) is 25.1 Å². The number of para-hydroxylation sites is 1. The van der Waals surface area contributed by atoms with Gasteiger partial charge in [-0.05, 0) is 30.4 Å². The third-order valence-electron chi connectivity index (χ3n) is 4.93. The van der Waals surface area contributed by atoms with Crippen molar-refractivity contribution in [1.82, 2.24) is 4.90 Å². The quantitative estimate of drug-likeness (QED) is 0.889. The molecule has 0 saturated carbocycles. The minimum absolute atomic E-state index is 0.0691. The van der Waals surface area contributed by atoms with Crippen molar-refractivity contribution in [2.75, 3.05) is 25.0 Å². The summed E-state index contributed by atoms with van der Waals surface area (Å²) in [4.78, 5) is 26.4. The molecule has 1 aromatic rings. The van der Waals surface area contributed by atoms with E-state index in [0.717, 1.165) is 37.2 Å². The van der Waals surface area contributed by atoms with E-state index < -0.39 is 0 Å². The number of nitrogens with two attached hydrogens (primary N) is 1. The number of carbonyl (C=O) groups excluding carboxylic acids is 2. The van der Waals surface area contributed by atoms with Crippen LogP contribution in [-0.2, 0) is 9.59 Å². The Kier molecular flexibility index (Phi) is 4.16. The summed E-state index contributed by atoms with van der Waals surface area (Å²) in [5, 5.41) is 2.97. The number of hydrogen-bond acceptors (Lipinski definition) is 3. The first kappa shape index (κ1) is 15.0. The molecule has 2 unspecified atom stereocenters. The van der Waals surface area contributed by atoms with Crippen LogP contribution in [0.3, 0.4) is 0 Å². The van der Waals surface area contributed by atoms with Crippen LogP contribution in [0.1, 0.15) is 31.2 Å². The van der Waals surface area contributed by atoms with Crippen LogP contribution in [0.5, 0.6) is 0 Å². The van der Waals surface area contributed by atoms with Gasteiger partial charge in [-0.15, -0.1) is 0 Å². The van der Waals surface area contributed by atoms with Crippen molar-refractivity contribution < 1.29 is 9.59 Å². The van der Waals surface area contributed by atoms with Crippen LogP contribution in [-0.4, -0.2) is 36.3 Å². The van der Waals surface area contributed by atoms with Gasteiger partial charge in [0.15, 0.2) is 0 Å². The summed E-state index contributed by atoms with van der Waals surface area (Å²) in [6.07, 6.45) is 1.74. The van der Waals surface area contributed by atoms with E-state index in [0.29, 0.717) is 12.5 Å². The van der Waals surface area contributed by atoms with Gasteiger partial charge >= 0.3 is 0 Å². The molecule has 3 rings (SSSR count).